The zero-order chi connectivity index (χ0) is 14.5. The number of carbonyl (C=O) groups is 1. The fraction of sp³-hybridized carbons (Fsp3) is 0.500. The van der Waals surface area contributed by atoms with E-state index in [2.05, 4.69) is 5.32 Å². The van der Waals surface area contributed by atoms with Crippen LogP contribution in [0.5, 0.6) is 0 Å². The van der Waals surface area contributed by atoms with Crippen LogP contribution in [-0.2, 0) is 4.74 Å². The van der Waals surface area contributed by atoms with Gasteiger partial charge in [0.1, 0.15) is 5.82 Å². The molecule has 0 fully saturated rings. The van der Waals surface area contributed by atoms with Gasteiger partial charge in [-0.1, -0.05) is 13.8 Å². The second-order valence-corrected chi connectivity index (χ2v) is 5.33. The van der Waals surface area contributed by atoms with E-state index in [0.717, 1.165) is 6.42 Å². The number of rotatable bonds is 6. The molecule has 0 spiro atoms. The molecule has 0 unspecified atom stereocenters. The number of nitrogen functional groups attached to an aromatic ring is 1. The molecular weight excluding hydrogens is 247 g/mol. The minimum Gasteiger partial charge on any atom is -0.399 e. The van der Waals surface area contributed by atoms with Gasteiger partial charge in [0, 0.05) is 25.9 Å². The minimum absolute atomic E-state index is 0.0254. The number of halogens is 1. The summed E-state index contributed by atoms with van der Waals surface area (Å²) in [6.45, 7) is 5.10. The van der Waals surface area contributed by atoms with Crippen molar-refractivity contribution in [3.8, 4) is 0 Å². The number of nitrogens with one attached hydrogen (secondary N) is 1. The maximum atomic E-state index is 13.5. The molecule has 1 rings (SSSR count). The zero-order valence-electron chi connectivity index (χ0n) is 11.6. The lowest BCUT2D eigenvalue weighted by Crippen LogP contribution is -2.35. The average Bonchev–Trinajstić information content (AvgIpc) is 2.36. The summed E-state index contributed by atoms with van der Waals surface area (Å²) in [4.78, 5) is 11.9. The van der Waals surface area contributed by atoms with E-state index < -0.39 is 11.7 Å². The first kappa shape index (κ1) is 15.4. The summed E-state index contributed by atoms with van der Waals surface area (Å²) in [6, 6.07) is 3.96. The molecule has 0 aliphatic carbocycles. The molecule has 0 radical (unpaired) electrons. The molecule has 0 atom stereocenters. The summed E-state index contributed by atoms with van der Waals surface area (Å²) in [5.74, 6) is -1.02. The normalized spacial score (nSPS) is 11.4. The number of methoxy groups -OCH3 is 1. The second-order valence-electron chi connectivity index (χ2n) is 5.33. The quantitative estimate of drug-likeness (QED) is 0.777. The topological polar surface area (TPSA) is 64.3 Å². The van der Waals surface area contributed by atoms with E-state index in [-0.39, 0.29) is 11.0 Å². The average molecular weight is 268 g/mol. The van der Waals surface area contributed by atoms with E-state index in [1.54, 1.807) is 7.11 Å². The van der Waals surface area contributed by atoms with Crippen molar-refractivity contribution in [1.82, 2.24) is 5.32 Å². The van der Waals surface area contributed by atoms with Crippen molar-refractivity contribution in [1.29, 1.82) is 0 Å². The van der Waals surface area contributed by atoms with Crippen molar-refractivity contribution >= 4 is 11.6 Å². The highest BCUT2D eigenvalue weighted by atomic mass is 19.1. The third kappa shape index (κ3) is 4.87. The number of carbonyl (C=O) groups excluding carboxylic acids is 1. The van der Waals surface area contributed by atoms with Gasteiger partial charge >= 0.3 is 0 Å². The summed E-state index contributed by atoms with van der Waals surface area (Å²) in [6.07, 6.45) is 0.809. The van der Waals surface area contributed by atoms with Crippen LogP contribution in [-0.4, -0.2) is 26.2 Å². The highest BCUT2D eigenvalue weighted by Crippen LogP contribution is 2.19. The van der Waals surface area contributed by atoms with Crippen molar-refractivity contribution in [2.24, 2.45) is 5.41 Å². The number of ether oxygens (including phenoxy) is 1. The van der Waals surface area contributed by atoms with Crippen LogP contribution in [0, 0.1) is 11.2 Å². The summed E-state index contributed by atoms with van der Waals surface area (Å²) in [5.41, 5.74) is 5.78. The van der Waals surface area contributed by atoms with E-state index in [0.29, 0.717) is 18.8 Å². The first-order valence-corrected chi connectivity index (χ1v) is 6.18. The Morgan fingerprint density at radius 3 is 2.79 bits per heavy atom. The molecule has 0 bridgehead atoms. The van der Waals surface area contributed by atoms with E-state index in [4.69, 9.17) is 10.5 Å². The molecule has 1 amide bonds. The number of hydrogen-bond donors (Lipinski definition) is 2. The molecule has 0 aliphatic heterocycles. The number of amides is 1. The van der Waals surface area contributed by atoms with Crippen molar-refractivity contribution in [3.05, 3.63) is 29.6 Å². The molecule has 0 aromatic heterocycles. The van der Waals surface area contributed by atoms with Crippen LogP contribution in [0.1, 0.15) is 30.6 Å². The lowest BCUT2D eigenvalue weighted by Gasteiger charge is -2.24. The molecule has 106 valence electrons. The van der Waals surface area contributed by atoms with Gasteiger partial charge in [-0.25, -0.2) is 4.39 Å². The molecule has 0 heterocycles. The molecule has 0 saturated heterocycles. The summed E-state index contributed by atoms with van der Waals surface area (Å²) in [7, 11) is 1.64. The molecule has 3 N–H and O–H groups in total. The Kier molecular flexibility index (Phi) is 5.30. The lowest BCUT2D eigenvalue weighted by molar-refractivity contribution is 0.0917. The van der Waals surface area contributed by atoms with Crippen LogP contribution in [0.15, 0.2) is 18.2 Å². The van der Waals surface area contributed by atoms with Gasteiger partial charge in [-0.3, -0.25) is 4.79 Å². The van der Waals surface area contributed by atoms with Crippen LogP contribution in [0.25, 0.3) is 0 Å². The maximum absolute atomic E-state index is 13.5. The van der Waals surface area contributed by atoms with E-state index in [1.165, 1.54) is 18.2 Å². The van der Waals surface area contributed by atoms with Crippen LogP contribution in [0.3, 0.4) is 0 Å². The predicted molar refractivity (Wildman–Crippen MR) is 73.4 cm³/mol. The minimum atomic E-state index is -0.568. The summed E-state index contributed by atoms with van der Waals surface area (Å²) in [5, 5.41) is 2.73. The Morgan fingerprint density at radius 1 is 1.47 bits per heavy atom. The highest BCUT2D eigenvalue weighted by molar-refractivity contribution is 5.95. The third-order valence-electron chi connectivity index (χ3n) is 2.95. The van der Waals surface area contributed by atoms with Crippen molar-refractivity contribution in [2.75, 3.05) is 26.0 Å². The fourth-order valence-electron chi connectivity index (χ4n) is 1.60. The highest BCUT2D eigenvalue weighted by Gasteiger charge is 2.20. The molecule has 0 saturated carbocycles. The van der Waals surface area contributed by atoms with Gasteiger partial charge in [-0.2, -0.15) is 0 Å². The van der Waals surface area contributed by atoms with Gasteiger partial charge < -0.3 is 15.8 Å². The Hall–Kier alpha value is -1.62. The van der Waals surface area contributed by atoms with Crippen LogP contribution >= 0.6 is 0 Å². The fourth-order valence-corrected chi connectivity index (χ4v) is 1.60. The third-order valence-corrected chi connectivity index (χ3v) is 2.95. The van der Waals surface area contributed by atoms with E-state index in [1.807, 2.05) is 13.8 Å². The summed E-state index contributed by atoms with van der Waals surface area (Å²) >= 11 is 0. The molecular formula is C14H21FN2O2. The van der Waals surface area contributed by atoms with Gasteiger partial charge in [0.25, 0.3) is 5.91 Å². The molecule has 1 aromatic rings. The van der Waals surface area contributed by atoms with Crippen LogP contribution in [0.2, 0.25) is 0 Å². The van der Waals surface area contributed by atoms with Crippen molar-refractivity contribution < 1.29 is 13.9 Å². The SMILES string of the molecule is COCCC(C)(C)CNC(=O)c1cc(N)ccc1F. The van der Waals surface area contributed by atoms with E-state index >= 15 is 0 Å². The monoisotopic (exact) mass is 268 g/mol. The Labute approximate surface area is 113 Å². The number of benzene rings is 1. The molecule has 1 aromatic carbocycles. The maximum Gasteiger partial charge on any atom is 0.254 e. The van der Waals surface area contributed by atoms with Crippen molar-refractivity contribution in [3.63, 3.8) is 0 Å². The largest absolute Gasteiger partial charge is 0.399 e. The Morgan fingerprint density at radius 2 is 2.16 bits per heavy atom. The van der Waals surface area contributed by atoms with Crippen LogP contribution < -0.4 is 11.1 Å². The number of nitrogens with two attached hydrogens (primary N) is 1. The Bertz CT molecular complexity index is 447. The lowest BCUT2D eigenvalue weighted by atomic mass is 9.89. The number of hydrogen-bond acceptors (Lipinski definition) is 3. The first-order chi connectivity index (χ1) is 8.85. The van der Waals surface area contributed by atoms with Crippen molar-refractivity contribution in [2.45, 2.75) is 20.3 Å². The first-order valence-electron chi connectivity index (χ1n) is 6.18. The van der Waals surface area contributed by atoms with Gasteiger partial charge in [-0.05, 0) is 30.0 Å². The molecule has 19 heavy (non-hydrogen) atoms. The zero-order valence-corrected chi connectivity index (χ0v) is 11.6. The molecule has 4 nitrogen and oxygen atoms in total. The second kappa shape index (κ2) is 6.52. The number of anilines is 1. The smallest absolute Gasteiger partial charge is 0.254 e. The van der Waals surface area contributed by atoms with Gasteiger partial charge in [0.2, 0.25) is 0 Å². The van der Waals surface area contributed by atoms with E-state index in [9.17, 15) is 9.18 Å². The molecule has 0 aliphatic rings. The summed E-state index contributed by atoms with van der Waals surface area (Å²) < 4.78 is 18.5. The predicted octanol–water partition coefficient (Wildman–Crippen LogP) is 2.20. The van der Waals surface area contributed by atoms with Crippen LogP contribution in [0.4, 0.5) is 10.1 Å². The standard InChI is InChI=1S/C14H21FN2O2/c1-14(2,6-7-19-3)9-17-13(18)11-8-10(16)4-5-12(11)15/h4-5,8H,6-7,9,16H2,1-3H3,(H,17,18). The Balaban J connectivity index is 2.62. The van der Waals surface area contributed by atoms with Gasteiger partial charge in [0.05, 0.1) is 5.56 Å². The van der Waals surface area contributed by atoms with Gasteiger partial charge in [0.15, 0.2) is 0 Å². The van der Waals surface area contributed by atoms with Gasteiger partial charge in [-0.15, -0.1) is 0 Å². The molecule has 5 heteroatoms.